The summed E-state index contributed by atoms with van der Waals surface area (Å²) in [6.07, 6.45) is 8.57. The van der Waals surface area contributed by atoms with E-state index < -0.39 is 0 Å². The van der Waals surface area contributed by atoms with Gasteiger partial charge in [-0.1, -0.05) is 6.92 Å². The Kier molecular flexibility index (Phi) is 4.59. The lowest BCUT2D eigenvalue weighted by atomic mass is 9.97. The zero-order valence-corrected chi connectivity index (χ0v) is 11.8. The number of aromatic nitrogens is 2. The largest absolute Gasteiger partial charge is 0.394 e. The number of hydrogen-bond acceptors (Lipinski definition) is 5. The van der Waals surface area contributed by atoms with Gasteiger partial charge in [0.1, 0.15) is 5.03 Å². The fraction of sp³-hybridized carbons (Fsp3) is 0.692. The Morgan fingerprint density at radius 2 is 2.33 bits per heavy atom. The number of hydrogen-bond donors (Lipinski definition) is 2. The smallest absolute Gasteiger partial charge is 0.115 e. The van der Waals surface area contributed by atoms with Crippen molar-refractivity contribution in [2.45, 2.75) is 55.0 Å². The van der Waals surface area contributed by atoms with Crippen LogP contribution in [0.25, 0.3) is 0 Å². The van der Waals surface area contributed by atoms with Gasteiger partial charge in [-0.3, -0.25) is 4.98 Å². The van der Waals surface area contributed by atoms with Crippen molar-refractivity contribution in [1.82, 2.24) is 15.3 Å². The summed E-state index contributed by atoms with van der Waals surface area (Å²) >= 11 is 1.71. The number of nitrogens with one attached hydrogen (secondary N) is 1. The molecule has 0 aliphatic heterocycles. The van der Waals surface area contributed by atoms with Gasteiger partial charge in [-0.25, -0.2) is 4.98 Å². The molecule has 1 saturated carbocycles. The Morgan fingerprint density at radius 3 is 2.89 bits per heavy atom. The van der Waals surface area contributed by atoms with Gasteiger partial charge in [0, 0.05) is 29.2 Å². The molecule has 1 aromatic heterocycles. The maximum Gasteiger partial charge on any atom is 0.115 e. The minimum atomic E-state index is -0.185. The summed E-state index contributed by atoms with van der Waals surface area (Å²) in [6.45, 7) is 4.44. The zero-order valence-electron chi connectivity index (χ0n) is 11.0. The second-order valence-electron chi connectivity index (χ2n) is 5.31. The second kappa shape index (κ2) is 5.99. The Hall–Kier alpha value is -0.650. The van der Waals surface area contributed by atoms with Gasteiger partial charge in [-0.2, -0.15) is 0 Å². The molecule has 1 aromatic rings. The quantitative estimate of drug-likeness (QED) is 0.738. The molecule has 1 heterocycles. The van der Waals surface area contributed by atoms with Crippen LogP contribution in [0.2, 0.25) is 0 Å². The first-order valence-electron chi connectivity index (χ1n) is 6.42. The molecule has 0 bridgehead atoms. The summed E-state index contributed by atoms with van der Waals surface area (Å²) in [4.78, 5) is 8.33. The molecule has 0 amide bonds. The predicted molar refractivity (Wildman–Crippen MR) is 73.6 cm³/mol. The number of rotatable bonds is 7. The summed E-state index contributed by atoms with van der Waals surface area (Å²) in [7, 11) is 0. The Labute approximate surface area is 113 Å². The number of aliphatic hydroxyl groups is 1. The lowest BCUT2D eigenvalue weighted by Crippen LogP contribution is -2.48. The highest BCUT2D eigenvalue weighted by Crippen LogP contribution is 2.29. The summed E-state index contributed by atoms with van der Waals surface area (Å²) in [5.41, 5.74) is -0.185. The number of aliphatic hydroxyl groups excluding tert-OH is 1. The number of nitrogens with zero attached hydrogens (tertiary/aromatic N) is 2. The molecule has 0 saturated heterocycles. The normalized spacial score (nSPS) is 20.4. The van der Waals surface area contributed by atoms with Crippen LogP contribution in [0, 0.1) is 0 Å². The van der Waals surface area contributed by atoms with Gasteiger partial charge in [0.15, 0.2) is 0 Å². The predicted octanol–water partition coefficient (Wildman–Crippen LogP) is 1.85. The van der Waals surface area contributed by atoms with Gasteiger partial charge in [0.05, 0.1) is 12.8 Å². The van der Waals surface area contributed by atoms with E-state index in [0.29, 0.717) is 11.3 Å². The van der Waals surface area contributed by atoms with E-state index in [4.69, 9.17) is 0 Å². The molecule has 4 nitrogen and oxygen atoms in total. The van der Waals surface area contributed by atoms with Crippen molar-refractivity contribution in [3.8, 4) is 0 Å². The fourth-order valence-corrected chi connectivity index (χ4v) is 3.22. The summed E-state index contributed by atoms with van der Waals surface area (Å²) in [5.74, 6) is 0. The van der Waals surface area contributed by atoms with E-state index in [-0.39, 0.29) is 12.1 Å². The molecule has 5 heteroatoms. The van der Waals surface area contributed by atoms with Gasteiger partial charge >= 0.3 is 0 Å². The van der Waals surface area contributed by atoms with E-state index in [1.54, 1.807) is 30.4 Å². The van der Waals surface area contributed by atoms with Crippen LogP contribution in [0.4, 0.5) is 0 Å². The van der Waals surface area contributed by atoms with Crippen LogP contribution in [0.3, 0.4) is 0 Å². The van der Waals surface area contributed by atoms with E-state index in [9.17, 15) is 5.11 Å². The Bertz CT molecular complexity index is 372. The van der Waals surface area contributed by atoms with Crippen molar-refractivity contribution < 1.29 is 5.11 Å². The molecule has 0 spiro atoms. The molecule has 100 valence electrons. The second-order valence-corrected chi connectivity index (χ2v) is 6.77. The average molecular weight is 267 g/mol. The molecule has 0 radical (unpaired) electrons. The minimum absolute atomic E-state index is 0.175. The zero-order chi connectivity index (χ0) is 13.0. The summed E-state index contributed by atoms with van der Waals surface area (Å²) < 4.78 is 0. The highest BCUT2D eigenvalue weighted by molar-refractivity contribution is 7.99. The maximum absolute atomic E-state index is 9.58. The van der Waals surface area contributed by atoms with Crippen molar-refractivity contribution >= 4 is 11.8 Å². The number of thioether (sulfide) groups is 1. The van der Waals surface area contributed by atoms with Gasteiger partial charge in [0.2, 0.25) is 0 Å². The van der Waals surface area contributed by atoms with Crippen molar-refractivity contribution in [2.24, 2.45) is 0 Å². The van der Waals surface area contributed by atoms with Gasteiger partial charge in [0.25, 0.3) is 0 Å². The first-order chi connectivity index (χ1) is 8.61. The van der Waals surface area contributed by atoms with Crippen LogP contribution in [-0.2, 0) is 0 Å². The Balaban J connectivity index is 1.86. The monoisotopic (exact) mass is 267 g/mol. The molecule has 1 fully saturated rings. The molecular weight excluding hydrogens is 246 g/mol. The maximum atomic E-state index is 9.58. The molecule has 1 aliphatic rings. The molecule has 2 N–H and O–H groups in total. The molecular formula is C13H21N3OS. The molecule has 2 rings (SSSR count). The molecule has 2 atom stereocenters. The summed E-state index contributed by atoms with van der Waals surface area (Å²) in [5, 5.41) is 14.4. The Morgan fingerprint density at radius 1 is 1.56 bits per heavy atom. The van der Waals surface area contributed by atoms with E-state index in [0.717, 1.165) is 11.4 Å². The third kappa shape index (κ3) is 4.23. The van der Waals surface area contributed by atoms with Crippen LogP contribution in [0.5, 0.6) is 0 Å². The lowest BCUT2D eigenvalue weighted by molar-refractivity contribution is 0.164. The topological polar surface area (TPSA) is 58.0 Å². The molecule has 0 aromatic carbocycles. The van der Waals surface area contributed by atoms with Gasteiger partial charge < -0.3 is 10.4 Å². The average Bonchev–Trinajstić information content (AvgIpc) is 3.13. The van der Waals surface area contributed by atoms with Crippen molar-refractivity contribution in [3.63, 3.8) is 0 Å². The van der Waals surface area contributed by atoms with Crippen molar-refractivity contribution in [2.75, 3.05) is 6.61 Å². The molecule has 2 unspecified atom stereocenters. The minimum Gasteiger partial charge on any atom is -0.394 e. The van der Waals surface area contributed by atoms with Crippen molar-refractivity contribution in [3.05, 3.63) is 18.6 Å². The van der Waals surface area contributed by atoms with E-state index in [1.165, 1.54) is 12.8 Å². The highest BCUT2D eigenvalue weighted by atomic mass is 32.2. The highest BCUT2D eigenvalue weighted by Gasteiger charge is 2.33. The van der Waals surface area contributed by atoms with E-state index in [2.05, 4.69) is 29.1 Å². The third-order valence-corrected chi connectivity index (χ3v) is 4.10. The van der Waals surface area contributed by atoms with E-state index >= 15 is 0 Å². The van der Waals surface area contributed by atoms with Gasteiger partial charge in [-0.05, 0) is 26.2 Å². The standard InChI is InChI=1S/C13H21N3OS/c1-10(18-12-8-14-5-6-15-12)7-13(2,9-17)16-11-3-4-11/h5-6,8,10-11,16-17H,3-4,7,9H2,1-2H3. The summed E-state index contributed by atoms with van der Waals surface area (Å²) in [6, 6.07) is 0.607. The first-order valence-corrected chi connectivity index (χ1v) is 7.30. The molecule has 1 aliphatic carbocycles. The fourth-order valence-electron chi connectivity index (χ4n) is 2.12. The van der Waals surface area contributed by atoms with Crippen LogP contribution in [-0.4, -0.2) is 38.5 Å². The van der Waals surface area contributed by atoms with Crippen LogP contribution in [0.1, 0.15) is 33.1 Å². The van der Waals surface area contributed by atoms with Gasteiger partial charge in [-0.15, -0.1) is 11.8 Å². The van der Waals surface area contributed by atoms with Crippen LogP contribution >= 0.6 is 11.8 Å². The SMILES string of the molecule is CC(CC(C)(CO)NC1CC1)Sc1cnccn1. The lowest BCUT2D eigenvalue weighted by Gasteiger charge is -2.31. The van der Waals surface area contributed by atoms with Crippen LogP contribution < -0.4 is 5.32 Å². The van der Waals surface area contributed by atoms with Crippen molar-refractivity contribution in [1.29, 1.82) is 0 Å². The third-order valence-electron chi connectivity index (χ3n) is 3.08. The van der Waals surface area contributed by atoms with E-state index in [1.807, 2.05) is 0 Å². The molecule has 18 heavy (non-hydrogen) atoms. The van der Waals surface area contributed by atoms with Crippen LogP contribution in [0.15, 0.2) is 23.6 Å². The first kappa shape index (κ1) is 13.8.